The molecule has 1 aliphatic carbocycles. The fourth-order valence-corrected chi connectivity index (χ4v) is 2.54. The first-order chi connectivity index (χ1) is 11.7. The van der Waals surface area contributed by atoms with Crippen LogP contribution in [0.25, 0.3) is 10.9 Å². The van der Waals surface area contributed by atoms with Crippen molar-refractivity contribution in [2.75, 3.05) is 13.1 Å². The molecule has 1 fully saturated rings. The minimum Gasteiger partial charge on any atom is -0.350 e. The monoisotopic (exact) mass is 360 g/mol. The molecule has 1 atom stereocenters. The van der Waals surface area contributed by atoms with Gasteiger partial charge in [0.25, 0.3) is 5.91 Å². The molecule has 134 valence electrons. The summed E-state index contributed by atoms with van der Waals surface area (Å²) >= 11 is 0. The number of hydrogen-bond donors (Lipinski definition) is 4. The number of H-pyrrole nitrogens is 1. The predicted octanol–water partition coefficient (Wildman–Crippen LogP) is 2.15. The molecule has 0 bridgehead atoms. The van der Waals surface area contributed by atoms with Gasteiger partial charge in [0.15, 0.2) is 0 Å². The first-order valence-electron chi connectivity index (χ1n) is 8.54. The largest absolute Gasteiger partial charge is 0.350 e. The van der Waals surface area contributed by atoms with Crippen LogP contribution in [-0.2, 0) is 0 Å². The van der Waals surface area contributed by atoms with Crippen LogP contribution in [-0.4, -0.2) is 30.0 Å². The number of amides is 1. The minimum atomic E-state index is -0.139. The number of carbonyl (C=O) groups excluding carboxylic acids is 1. The molecule has 2 aromatic rings. The van der Waals surface area contributed by atoms with Crippen LogP contribution in [0.4, 0.5) is 0 Å². The van der Waals surface area contributed by atoms with E-state index in [4.69, 9.17) is 11.5 Å². The third-order valence-corrected chi connectivity index (χ3v) is 4.17. The van der Waals surface area contributed by atoms with Gasteiger partial charge in [0, 0.05) is 35.0 Å². The van der Waals surface area contributed by atoms with Crippen LogP contribution in [0.3, 0.4) is 0 Å². The summed E-state index contributed by atoms with van der Waals surface area (Å²) in [6.45, 7) is 1.07. The van der Waals surface area contributed by atoms with E-state index in [9.17, 15) is 4.79 Å². The van der Waals surface area contributed by atoms with Gasteiger partial charge >= 0.3 is 0 Å². The lowest BCUT2D eigenvalue weighted by Crippen LogP contribution is -2.37. The van der Waals surface area contributed by atoms with E-state index in [-0.39, 0.29) is 24.4 Å². The minimum absolute atomic E-state index is 0. The Balaban J connectivity index is 0.00000225. The number of nitrogens with two attached hydrogens (primary N) is 2. The Morgan fingerprint density at radius 2 is 2.16 bits per heavy atom. The molecule has 25 heavy (non-hydrogen) atoms. The average Bonchev–Trinajstić information content (AvgIpc) is 3.32. The predicted molar refractivity (Wildman–Crippen MR) is 104 cm³/mol. The number of halogens is 1. The molecule has 1 aromatic carbocycles. The molecule has 3 rings (SSSR count). The zero-order chi connectivity index (χ0) is 16.9. The second kappa shape index (κ2) is 8.91. The molecule has 0 radical (unpaired) electrons. The molecule has 1 aliphatic rings. The second-order valence-corrected chi connectivity index (χ2v) is 6.43. The van der Waals surface area contributed by atoms with E-state index in [0.29, 0.717) is 24.7 Å². The van der Waals surface area contributed by atoms with Crippen molar-refractivity contribution in [1.29, 1.82) is 0 Å². The highest BCUT2D eigenvalue weighted by atomic mass is 35.5. The summed E-state index contributed by atoms with van der Waals surface area (Å²) in [5.41, 5.74) is 13.9. The quantitative estimate of drug-likeness (QED) is 0.594. The molecule has 1 aromatic heterocycles. The van der Waals surface area contributed by atoms with Crippen LogP contribution in [0.1, 0.15) is 41.7 Å². The van der Waals surface area contributed by atoms with Crippen molar-refractivity contribution in [1.82, 2.24) is 10.3 Å². The fraction of sp³-hybridized carbons (Fsp3) is 0.421. The van der Waals surface area contributed by atoms with Crippen LogP contribution < -0.4 is 16.8 Å². The molecule has 6 N–H and O–H groups in total. The molecule has 0 spiro atoms. The van der Waals surface area contributed by atoms with E-state index in [1.165, 1.54) is 12.8 Å². The van der Waals surface area contributed by atoms with E-state index < -0.39 is 0 Å². The number of aromatic amines is 1. The van der Waals surface area contributed by atoms with Gasteiger partial charge in [0.2, 0.25) is 0 Å². The maximum absolute atomic E-state index is 12.3. The molecule has 6 heteroatoms. The lowest BCUT2D eigenvalue weighted by molar-refractivity contribution is 0.0946. The molecule has 1 saturated carbocycles. The number of nitrogens with one attached hydrogen (secondary N) is 2. The van der Waals surface area contributed by atoms with Crippen LogP contribution >= 0.6 is 12.4 Å². The van der Waals surface area contributed by atoms with Gasteiger partial charge in [-0.1, -0.05) is 17.9 Å². The molecule has 1 amide bonds. The van der Waals surface area contributed by atoms with Gasteiger partial charge in [0.1, 0.15) is 5.69 Å². The zero-order valence-electron chi connectivity index (χ0n) is 14.2. The summed E-state index contributed by atoms with van der Waals surface area (Å²) in [5, 5.41) is 3.87. The van der Waals surface area contributed by atoms with Crippen LogP contribution in [0.5, 0.6) is 0 Å². The molecular weight excluding hydrogens is 336 g/mol. The Bertz CT molecular complexity index is 786. The summed E-state index contributed by atoms with van der Waals surface area (Å²) in [5.74, 6) is 6.89. The third kappa shape index (κ3) is 5.50. The van der Waals surface area contributed by atoms with Gasteiger partial charge in [-0.15, -0.1) is 12.4 Å². The van der Waals surface area contributed by atoms with Crippen LogP contribution in [0.15, 0.2) is 24.3 Å². The van der Waals surface area contributed by atoms with Gasteiger partial charge in [-0.05, 0) is 50.4 Å². The van der Waals surface area contributed by atoms with Crippen molar-refractivity contribution >= 4 is 29.2 Å². The van der Waals surface area contributed by atoms with Crippen molar-refractivity contribution in [3.05, 3.63) is 35.5 Å². The average molecular weight is 361 g/mol. The van der Waals surface area contributed by atoms with E-state index >= 15 is 0 Å². The standard InChI is InChI=1S/C19H24N4O.ClH/c20-9-1-2-16(21)12-22-19(24)18-11-15-8-7-14(10-17(15)23-18)6-5-13-3-4-13;/h7-8,10-11,13,16,23H,1-4,9,12,20-21H2,(H,22,24);1H/t16-;/m0./s1. The van der Waals surface area contributed by atoms with Crippen molar-refractivity contribution in [3.8, 4) is 11.8 Å². The van der Waals surface area contributed by atoms with Gasteiger partial charge in [-0.25, -0.2) is 0 Å². The molecule has 1 heterocycles. The van der Waals surface area contributed by atoms with Crippen molar-refractivity contribution in [2.24, 2.45) is 17.4 Å². The first kappa shape index (κ1) is 19.3. The maximum Gasteiger partial charge on any atom is 0.267 e. The number of hydrogen-bond acceptors (Lipinski definition) is 3. The van der Waals surface area contributed by atoms with Gasteiger partial charge in [0.05, 0.1) is 0 Å². The zero-order valence-corrected chi connectivity index (χ0v) is 15.0. The summed E-state index contributed by atoms with van der Waals surface area (Å²) in [6, 6.07) is 7.77. The molecule has 0 aliphatic heterocycles. The van der Waals surface area contributed by atoms with Crippen molar-refractivity contribution in [2.45, 2.75) is 31.7 Å². The number of rotatable bonds is 6. The van der Waals surface area contributed by atoms with E-state index in [0.717, 1.165) is 29.3 Å². The van der Waals surface area contributed by atoms with E-state index in [1.54, 1.807) is 0 Å². The second-order valence-electron chi connectivity index (χ2n) is 6.43. The first-order valence-corrected chi connectivity index (χ1v) is 8.54. The molecule has 5 nitrogen and oxygen atoms in total. The SMILES string of the molecule is Cl.NCCC[C@H](N)CNC(=O)c1cc2ccc(C#CC3CC3)cc2[nH]1. The molecule has 0 unspecified atom stereocenters. The highest BCUT2D eigenvalue weighted by Crippen LogP contribution is 2.27. The number of fused-ring (bicyclic) bond motifs is 1. The molecular formula is C19H25ClN4O. The summed E-state index contributed by atoms with van der Waals surface area (Å²) in [4.78, 5) is 15.4. The lowest BCUT2D eigenvalue weighted by Gasteiger charge is -2.11. The third-order valence-electron chi connectivity index (χ3n) is 4.17. The Labute approximate surface area is 154 Å². The molecule has 0 saturated heterocycles. The topological polar surface area (TPSA) is 96.9 Å². The normalized spacial score (nSPS) is 14.3. The Kier molecular flexibility index (Phi) is 6.89. The Hall–Kier alpha value is -2.00. The lowest BCUT2D eigenvalue weighted by atomic mass is 10.1. The van der Waals surface area contributed by atoms with Crippen LogP contribution in [0, 0.1) is 17.8 Å². The van der Waals surface area contributed by atoms with Crippen molar-refractivity contribution in [3.63, 3.8) is 0 Å². The van der Waals surface area contributed by atoms with Gasteiger partial charge in [-0.2, -0.15) is 0 Å². The highest BCUT2D eigenvalue weighted by molar-refractivity contribution is 5.98. The summed E-state index contributed by atoms with van der Waals surface area (Å²) in [6.07, 6.45) is 4.12. The maximum atomic E-state index is 12.3. The number of benzene rings is 1. The number of aromatic nitrogens is 1. The Morgan fingerprint density at radius 1 is 1.36 bits per heavy atom. The smallest absolute Gasteiger partial charge is 0.267 e. The van der Waals surface area contributed by atoms with Gasteiger partial charge in [-0.3, -0.25) is 4.79 Å². The Morgan fingerprint density at radius 3 is 2.88 bits per heavy atom. The van der Waals surface area contributed by atoms with E-state index in [1.807, 2.05) is 24.3 Å². The van der Waals surface area contributed by atoms with Gasteiger partial charge < -0.3 is 21.8 Å². The highest BCUT2D eigenvalue weighted by Gasteiger charge is 2.17. The summed E-state index contributed by atoms with van der Waals surface area (Å²) < 4.78 is 0. The fourth-order valence-electron chi connectivity index (χ4n) is 2.54. The number of carbonyl (C=O) groups is 1. The van der Waals surface area contributed by atoms with Crippen molar-refractivity contribution < 1.29 is 4.79 Å². The van der Waals surface area contributed by atoms with Crippen LogP contribution in [0.2, 0.25) is 0 Å². The summed E-state index contributed by atoms with van der Waals surface area (Å²) in [7, 11) is 0. The van der Waals surface area contributed by atoms with E-state index in [2.05, 4.69) is 22.1 Å².